The van der Waals surface area contributed by atoms with Gasteiger partial charge in [0.25, 0.3) is 0 Å². The Bertz CT molecular complexity index is 663. The molecule has 1 heterocycles. The fraction of sp³-hybridized carbons (Fsp3) is 0.167. The number of hydrogen-bond acceptors (Lipinski definition) is 5. The number of nitrogens with zero attached hydrogens (tertiary/aromatic N) is 2. The second kappa shape index (κ2) is 5.65. The van der Waals surface area contributed by atoms with Gasteiger partial charge in [-0.15, -0.1) is 0 Å². The minimum absolute atomic E-state index is 0.00285. The number of aromatic nitrogens is 2. The molecule has 0 fully saturated rings. The summed E-state index contributed by atoms with van der Waals surface area (Å²) >= 11 is 5.61. The van der Waals surface area contributed by atoms with Crippen molar-refractivity contribution in [3.05, 3.63) is 35.1 Å². The van der Waals surface area contributed by atoms with Crippen LogP contribution in [0.15, 0.2) is 24.5 Å². The van der Waals surface area contributed by atoms with Crippen LogP contribution in [0.5, 0.6) is 5.88 Å². The predicted molar refractivity (Wildman–Crippen MR) is 72.7 cm³/mol. The SMILES string of the molecule is COc1ncnc(Nc2ccc(Cl)cc2C(F)(F)F)c1N. The van der Waals surface area contributed by atoms with Gasteiger partial charge in [0, 0.05) is 5.02 Å². The van der Waals surface area contributed by atoms with E-state index in [2.05, 4.69) is 15.3 Å². The normalized spacial score (nSPS) is 11.3. The molecule has 0 aliphatic carbocycles. The quantitative estimate of drug-likeness (QED) is 0.906. The number of nitrogen functional groups attached to an aromatic ring is 1. The molecule has 0 atom stereocenters. The Morgan fingerprint density at radius 1 is 1.29 bits per heavy atom. The van der Waals surface area contributed by atoms with E-state index < -0.39 is 11.7 Å². The van der Waals surface area contributed by atoms with E-state index in [1.807, 2.05) is 0 Å². The fourth-order valence-corrected chi connectivity index (χ4v) is 1.80. The van der Waals surface area contributed by atoms with Crippen molar-refractivity contribution in [2.24, 2.45) is 0 Å². The Morgan fingerprint density at radius 3 is 2.62 bits per heavy atom. The van der Waals surface area contributed by atoms with Gasteiger partial charge in [-0.3, -0.25) is 0 Å². The zero-order valence-corrected chi connectivity index (χ0v) is 11.5. The van der Waals surface area contributed by atoms with E-state index in [9.17, 15) is 13.2 Å². The van der Waals surface area contributed by atoms with Crippen LogP contribution in [0.4, 0.5) is 30.4 Å². The molecular formula is C12H10ClF3N4O. The summed E-state index contributed by atoms with van der Waals surface area (Å²) in [5.74, 6) is 0.0738. The standard InChI is InChI=1S/C12H10ClF3N4O/c1-21-11-9(17)10(18-5-19-11)20-8-3-2-6(13)4-7(8)12(14,15)16/h2-5H,17H2,1H3,(H,18,19,20). The van der Waals surface area contributed by atoms with Crippen LogP contribution >= 0.6 is 11.6 Å². The molecule has 0 amide bonds. The molecule has 0 saturated heterocycles. The zero-order chi connectivity index (χ0) is 15.6. The zero-order valence-electron chi connectivity index (χ0n) is 10.7. The number of benzene rings is 1. The average Bonchev–Trinajstić information content (AvgIpc) is 2.42. The van der Waals surface area contributed by atoms with Gasteiger partial charge in [-0.25, -0.2) is 4.98 Å². The van der Waals surface area contributed by atoms with Gasteiger partial charge in [0.05, 0.1) is 18.4 Å². The molecule has 1 aromatic heterocycles. The lowest BCUT2D eigenvalue weighted by atomic mass is 10.1. The summed E-state index contributed by atoms with van der Waals surface area (Å²) in [5.41, 5.74) is 4.57. The molecule has 0 aliphatic rings. The van der Waals surface area contributed by atoms with Crippen LogP contribution in [-0.2, 0) is 6.18 Å². The van der Waals surface area contributed by atoms with Crippen LogP contribution in [0.25, 0.3) is 0 Å². The highest BCUT2D eigenvalue weighted by atomic mass is 35.5. The number of ether oxygens (including phenoxy) is 1. The van der Waals surface area contributed by atoms with Gasteiger partial charge in [-0.2, -0.15) is 18.2 Å². The molecule has 21 heavy (non-hydrogen) atoms. The Morgan fingerprint density at radius 2 is 2.00 bits per heavy atom. The Hall–Kier alpha value is -2.22. The molecule has 0 unspecified atom stereocenters. The maximum absolute atomic E-state index is 13.0. The molecule has 2 aromatic rings. The van der Waals surface area contributed by atoms with Crippen LogP contribution in [0.2, 0.25) is 5.02 Å². The van der Waals surface area contributed by atoms with Gasteiger partial charge < -0.3 is 15.8 Å². The number of anilines is 3. The number of halogens is 4. The first-order valence-corrected chi connectivity index (χ1v) is 5.99. The van der Waals surface area contributed by atoms with Crippen molar-refractivity contribution in [1.82, 2.24) is 9.97 Å². The summed E-state index contributed by atoms with van der Waals surface area (Å²) in [5, 5.41) is 2.49. The number of nitrogens with two attached hydrogens (primary N) is 1. The molecule has 0 aliphatic heterocycles. The summed E-state index contributed by atoms with van der Waals surface area (Å²) in [7, 11) is 1.34. The van der Waals surface area contributed by atoms with Crippen LogP contribution in [0.3, 0.4) is 0 Å². The summed E-state index contributed by atoms with van der Waals surface area (Å²) in [6.07, 6.45) is -3.44. The highest BCUT2D eigenvalue weighted by molar-refractivity contribution is 6.30. The van der Waals surface area contributed by atoms with Crippen molar-refractivity contribution >= 4 is 28.8 Å². The minimum atomic E-state index is -4.57. The smallest absolute Gasteiger partial charge is 0.418 e. The molecule has 2 rings (SSSR count). The van der Waals surface area contributed by atoms with E-state index in [0.717, 1.165) is 12.4 Å². The first-order valence-electron chi connectivity index (χ1n) is 5.61. The third kappa shape index (κ3) is 3.27. The van der Waals surface area contributed by atoms with Crippen LogP contribution in [0, 0.1) is 0 Å². The average molecular weight is 319 g/mol. The van der Waals surface area contributed by atoms with E-state index in [-0.39, 0.29) is 28.1 Å². The van der Waals surface area contributed by atoms with Gasteiger partial charge in [0.2, 0.25) is 5.88 Å². The molecule has 9 heteroatoms. The van der Waals surface area contributed by atoms with Crippen molar-refractivity contribution in [2.45, 2.75) is 6.18 Å². The van der Waals surface area contributed by atoms with E-state index >= 15 is 0 Å². The number of methoxy groups -OCH3 is 1. The summed E-state index contributed by atoms with van der Waals surface area (Å²) in [6, 6.07) is 3.34. The summed E-state index contributed by atoms with van der Waals surface area (Å²) in [4.78, 5) is 7.54. The monoisotopic (exact) mass is 318 g/mol. The van der Waals surface area contributed by atoms with Crippen LogP contribution in [-0.4, -0.2) is 17.1 Å². The number of rotatable bonds is 3. The number of alkyl halides is 3. The van der Waals surface area contributed by atoms with Crippen molar-refractivity contribution in [1.29, 1.82) is 0 Å². The largest absolute Gasteiger partial charge is 0.479 e. The van der Waals surface area contributed by atoms with Crippen molar-refractivity contribution < 1.29 is 17.9 Å². The molecule has 0 radical (unpaired) electrons. The number of nitrogens with one attached hydrogen (secondary N) is 1. The lowest BCUT2D eigenvalue weighted by molar-refractivity contribution is -0.136. The van der Waals surface area contributed by atoms with Gasteiger partial charge in [0.15, 0.2) is 5.82 Å². The Kier molecular flexibility index (Phi) is 4.08. The second-order valence-corrected chi connectivity index (χ2v) is 4.39. The van der Waals surface area contributed by atoms with E-state index in [1.54, 1.807) is 0 Å². The van der Waals surface area contributed by atoms with Gasteiger partial charge in [0.1, 0.15) is 12.0 Å². The van der Waals surface area contributed by atoms with E-state index in [1.165, 1.54) is 19.2 Å². The van der Waals surface area contributed by atoms with Crippen molar-refractivity contribution in [3.63, 3.8) is 0 Å². The maximum Gasteiger partial charge on any atom is 0.418 e. The maximum atomic E-state index is 13.0. The highest BCUT2D eigenvalue weighted by Gasteiger charge is 2.34. The topological polar surface area (TPSA) is 73.1 Å². The first-order chi connectivity index (χ1) is 9.82. The lowest BCUT2D eigenvalue weighted by Crippen LogP contribution is -2.10. The second-order valence-electron chi connectivity index (χ2n) is 3.96. The Balaban J connectivity index is 2.45. The lowest BCUT2D eigenvalue weighted by Gasteiger charge is -2.15. The summed E-state index contributed by atoms with van der Waals surface area (Å²) < 4.78 is 43.8. The Labute approximate surface area is 122 Å². The highest BCUT2D eigenvalue weighted by Crippen LogP contribution is 2.38. The summed E-state index contributed by atoms with van der Waals surface area (Å²) in [6.45, 7) is 0. The van der Waals surface area contributed by atoms with Crippen LogP contribution < -0.4 is 15.8 Å². The van der Waals surface area contributed by atoms with Crippen molar-refractivity contribution in [3.8, 4) is 5.88 Å². The van der Waals surface area contributed by atoms with E-state index in [4.69, 9.17) is 22.1 Å². The molecule has 1 aromatic carbocycles. The third-order valence-electron chi connectivity index (χ3n) is 2.58. The molecule has 0 saturated carbocycles. The van der Waals surface area contributed by atoms with Crippen LogP contribution in [0.1, 0.15) is 5.56 Å². The molecule has 112 valence electrons. The van der Waals surface area contributed by atoms with Crippen molar-refractivity contribution in [2.75, 3.05) is 18.2 Å². The molecular weight excluding hydrogens is 309 g/mol. The van der Waals surface area contributed by atoms with Gasteiger partial charge in [-0.05, 0) is 18.2 Å². The molecule has 0 bridgehead atoms. The third-order valence-corrected chi connectivity index (χ3v) is 2.82. The molecule has 0 spiro atoms. The van der Waals surface area contributed by atoms with Gasteiger partial charge >= 0.3 is 6.18 Å². The molecule has 5 nitrogen and oxygen atoms in total. The van der Waals surface area contributed by atoms with Gasteiger partial charge in [-0.1, -0.05) is 11.6 Å². The predicted octanol–water partition coefficient (Wildman–Crippen LogP) is 3.48. The van der Waals surface area contributed by atoms with E-state index in [0.29, 0.717) is 0 Å². The first kappa shape index (κ1) is 15.2. The fourth-order valence-electron chi connectivity index (χ4n) is 1.63. The molecule has 3 N–H and O–H groups in total. The minimum Gasteiger partial charge on any atom is -0.479 e. The number of hydrogen-bond donors (Lipinski definition) is 2.